The summed E-state index contributed by atoms with van der Waals surface area (Å²) in [6.07, 6.45) is 8.32. The first-order chi connectivity index (χ1) is 36.2. The van der Waals surface area contributed by atoms with Crippen molar-refractivity contribution in [3.8, 4) is 46.0 Å². The van der Waals surface area contributed by atoms with E-state index in [-0.39, 0.29) is 96.9 Å². The van der Waals surface area contributed by atoms with E-state index < -0.39 is 23.7 Å². The van der Waals surface area contributed by atoms with Gasteiger partial charge in [-0.1, -0.05) is 81.1 Å². The second kappa shape index (κ2) is 42.5. The Bertz CT molecular complexity index is 1930. The zero-order valence-corrected chi connectivity index (χ0v) is 59.0. The minimum Gasteiger partial charge on any atom is -1.00 e. The van der Waals surface area contributed by atoms with E-state index in [9.17, 15) is 40.9 Å². The smallest absolute Gasteiger partial charge is 1.00 e. The van der Waals surface area contributed by atoms with E-state index in [2.05, 4.69) is 114 Å². The number of rotatable bonds is 24. The summed E-state index contributed by atoms with van der Waals surface area (Å²) in [6.45, 7) is 20.8. The number of phenols is 8. The summed E-state index contributed by atoms with van der Waals surface area (Å²) in [5.41, 5.74) is 5.83. The third kappa shape index (κ3) is 19.9. The molecule has 0 aromatic heterocycles. The zero-order valence-electron chi connectivity index (χ0n) is 47.8. The van der Waals surface area contributed by atoms with Gasteiger partial charge < -0.3 is 123 Å². The maximum Gasteiger partial charge on any atom is -1.00 e. The van der Waals surface area contributed by atoms with Crippen molar-refractivity contribution in [2.24, 2.45) is 0 Å². The van der Waals surface area contributed by atoms with E-state index >= 15 is 0 Å². The predicted molar refractivity (Wildman–Crippen MR) is 314 cm³/mol. The molecule has 78 heavy (non-hydrogen) atoms. The molecule has 1 aliphatic carbocycles. The van der Waals surface area contributed by atoms with Crippen LogP contribution in [0.5, 0.6) is 46.0 Å². The van der Waals surface area contributed by atoms with E-state index in [1.165, 1.54) is 0 Å². The zero-order chi connectivity index (χ0) is 56.4. The third-order valence-corrected chi connectivity index (χ3v) is 14.4. The van der Waals surface area contributed by atoms with Crippen LogP contribution in [0.15, 0.2) is 24.3 Å². The maximum atomic E-state index is 12.6. The molecule has 0 atom stereocenters. The quantitative estimate of drug-likeness (QED) is 0.0241. The molecule has 0 amide bonds. The third-order valence-electron chi connectivity index (χ3n) is 14.4. The van der Waals surface area contributed by atoms with Crippen molar-refractivity contribution in [2.75, 3.05) is 40.4 Å². The van der Waals surface area contributed by atoms with Gasteiger partial charge in [0.2, 0.25) is 0 Å². The van der Waals surface area contributed by atoms with Crippen LogP contribution >= 0.6 is 37.2 Å². The molecule has 0 radical (unpaired) electrons. The Morgan fingerprint density at radius 3 is 0.577 bits per heavy atom. The molecule has 0 aliphatic heterocycles. The molecule has 0 saturated carbocycles. The molecule has 4 aromatic carbocycles. The fourth-order valence-electron chi connectivity index (χ4n) is 10.8. The van der Waals surface area contributed by atoms with Crippen molar-refractivity contribution >= 4 is 37.2 Å². The molecule has 0 heterocycles. The van der Waals surface area contributed by atoms with Gasteiger partial charge in [-0.15, -0.1) is 0 Å². The molecule has 5 rings (SSSR count). The number of fused-ring (bicyclic) bond motifs is 8. The number of aromatic hydroxyl groups is 8. The first kappa shape index (κ1) is 78.7. The Labute approximate surface area is 528 Å². The number of phenolic OH excluding ortho intramolecular Hbond substituents is 8. The molecule has 4 aromatic rings. The van der Waals surface area contributed by atoms with Crippen molar-refractivity contribution in [1.82, 2.24) is 0 Å². The number of halogens is 6. The van der Waals surface area contributed by atoms with E-state index in [1.54, 1.807) is 0 Å². The molecule has 18 N–H and O–H groups in total. The number of benzene rings is 4. The fourth-order valence-corrected chi connectivity index (χ4v) is 10.8. The van der Waals surface area contributed by atoms with Gasteiger partial charge in [0.05, 0.1) is 48.4 Å². The van der Waals surface area contributed by atoms with Crippen molar-refractivity contribution in [3.05, 3.63) is 91.0 Å². The van der Waals surface area contributed by atoms with Gasteiger partial charge in [0.1, 0.15) is 72.2 Å². The van der Waals surface area contributed by atoms with Crippen LogP contribution in [0.2, 0.25) is 0 Å². The van der Waals surface area contributed by atoms with Crippen LogP contribution in [0.1, 0.15) is 223 Å². The standard InChI is InChI=1S/C56H84N4O8.2CH4O.3BrH.I3/c1-9-17-33-37-25-39(51(63)45(49(37)61)29-57-21-13-5)34(18-10-2)41-27-43(55(67)47(53(41)65)31-59-23-15-7)36(20-12-4)44-28-42(54(66)48(56(44)68)32-60-24-16-8)35(19-11-3)40-26-38(33)50(62)46(52(40)64)30-58-22-14-6;2*1-2;;;;1-3-2/h25-28,33-36,57-68H,9-24,29-32H2,1-8H3;2*2H,1H3;3*1H;/q;;;;;;-1/p+1. The van der Waals surface area contributed by atoms with E-state index in [4.69, 9.17) is 10.2 Å². The summed E-state index contributed by atoms with van der Waals surface area (Å²) in [7, 11) is 2.00. The average molecular weight is 1630 g/mol. The van der Waals surface area contributed by atoms with Crippen LogP contribution in [-0.4, -0.2) is 91.5 Å². The number of nitrogens with two attached hydrogens (primary N) is 4. The van der Waals surface area contributed by atoms with Crippen LogP contribution in [0.25, 0.3) is 0 Å². The van der Waals surface area contributed by atoms with Crippen LogP contribution in [-0.2, 0) is 26.2 Å². The van der Waals surface area contributed by atoms with Gasteiger partial charge in [0.15, 0.2) is 0 Å². The van der Waals surface area contributed by atoms with Crippen molar-refractivity contribution in [3.63, 3.8) is 0 Å². The van der Waals surface area contributed by atoms with Crippen LogP contribution < -0.4 is 85.5 Å². The van der Waals surface area contributed by atoms with Crippen LogP contribution in [0.3, 0.4) is 0 Å². The number of hydrogen-bond acceptors (Lipinski definition) is 10. The molecule has 0 unspecified atom stereocenters. The van der Waals surface area contributed by atoms with Gasteiger partial charge in [0.25, 0.3) is 0 Å². The van der Waals surface area contributed by atoms with Crippen molar-refractivity contribution in [2.45, 2.75) is 182 Å². The summed E-state index contributed by atoms with van der Waals surface area (Å²) in [5, 5.41) is 123. The normalized spacial score (nSPS) is 15.2. The van der Waals surface area contributed by atoms with Gasteiger partial charge in [-0.3, -0.25) is 0 Å². The minimum atomic E-state index is -0.591. The Kier molecular flexibility index (Phi) is 42.9. The van der Waals surface area contributed by atoms with Gasteiger partial charge in [-0.2, -0.15) is 0 Å². The molecular formula is C58H96Br3I3N4O10. The molecule has 0 saturated heterocycles. The first-order valence-corrected chi connectivity index (χ1v) is 40.1. The van der Waals surface area contributed by atoms with Crippen molar-refractivity contribution < 1.29 is 137 Å². The van der Waals surface area contributed by atoms with Crippen molar-refractivity contribution in [1.29, 1.82) is 0 Å². The number of quaternary nitrogens is 4. The first-order valence-electron chi connectivity index (χ1n) is 27.6. The number of hydrogen-bond donors (Lipinski definition) is 14. The summed E-state index contributed by atoms with van der Waals surface area (Å²) in [5.74, 6) is -2.74. The summed E-state index contributed by atoms with van der Waals surface area (Å²) in [4.78, 5) is 0. The molecule has 0 fully saturated rings. The largest absolute Gasteiger partial charge is 1.00 e. The Morgan fingerprint density at radius 2 is 0.462 bits per heavy atom. The fraction of sp³-hybridized carbons (Fsp3) is 0.586. The molecule has 450 valence electrons. The van der Waals surface area contributed by atoms with Gasteiger partial charge >= 0.3 is 50.5 Å². The van der Waals surface area contributed by atoms with Gasteiger partial charge in [-0.05, 0) is 75.6 Å². The van der Waals surface area contributed by atoms with E-state index in [0.717, 1.165) is 66.1 Å². The molecular weight excluding hydrogens is 1530 g/mol. The SMILES string of the molecule is CCC[NH2+]Cc1c(O)c2cc(c1O)C(CCC)c1cc(c(O)c(C[NH2+]CCC)c1O)C(CCC)c1cc(c(O)c(C[NH2+]CCC)c1O)C(CCC)c1cc(c(O)c(C[NH2+]CCC)c1O)C2CCC.CO.CO.I[I-]I.[Br-].[Br-].[Br-]. The second-order valence-corrected chi connectivity index (χ2v) is 35.7. The van der Waals surface area contributed by atoms with Gasteiger partial charge in [0, 0.05) is 82.4 Å². The number of aliphatic hydroxyl groups excluding tert-OH is 2. The number of aliphatic hydroxyl groups is 2. The molecule has 0 spiro atoms. The summed E-state index contributed by atoms with van der Waals surface area (Å²) >= 11 is 5.30. The summed E-state index contributed by atoms with van der Waals surface area (Å²) < 4.78 is 0. The predicted octanol–water partition coefficient (Wildman–Crippen LogP) is -3.73. The maximum absolute atomic E-state index is 12.6. The Balaban J connectivity index is 0. The molecule has 14 nitrogen and oxygen atoms in total. The second-order valence-electron chi connectivity index (χ2n) is 19.5. The molecule has 20 heteroatoms. The van der Waals surface area contributed by atoms with E-state index in [1.807, 2.05) is 24.3 Å². The monoisotopic (exact) mass is 1630 g/mol. The van der Waals surface area contributed by atoms with Crippen LogP contribution in [0, 0.1) is 0 Å². The minimum absolute atomic E-state index is 0. The van der Waals surface area contributed by atoms with Crippen LogP contribution in [0.4, 0.5) is 0 Å². The molecule has 8 bridgehead atoms. The molecule has 1 aliphatic rings. The topological polar surface area (TPSA) is 269 Å². The average Bonchev–Trinajstić information content (AvgIpc) is 3.40. The Morgan fingerprint density at radius 1 is 0.321 bits per heavy atom. The van der Waals surface area contributed by atoms with E-state index in [0.29, 0.717) is 158 Å². The Hall–Kier alpha value is -1.33. The summed E-state index contributed by atoms with van der Waals surface area (Å²) in [6, 6.07) is 7.49. The van der Waals surface area contributed by atoms with Gasteiger partial charge in [-0.25, -0.2) is 0 Å².